The molecule has 0 aromatic carbocycles. The molecule has 0 saturated carbocycles. The van der Waals surface area contributed by atoms with Crippen LogP contribution in [0.15, 0.2) is 18.3 Å². The van der Waals surface area contributed by atoms with Crippen LogP contribution in [0.2, 0.25) is 0 Å². The van der Waals surface area contributed by atoms with Crippen LogP contribution in [0, 0.1) is 5.92 Å². The summed E-state index contributed by atoms with van der Waals surface area (Å²) in [4.78, 5) is 4.58. The van der Waals surface area contributed by atoms with E-state index in [1.165, 1.54) is 18.4 Å². The Labute approximate surface area is 115 Å². The van der Waals surface area contributed by atoms with Gasteiger partial charge < -0.3 is 10.4 Å². The van der Waals surface area contributed by atoms with Crippen LogP contribution in [0.3, 0.4) is 0 Å². The maximum atomic E-state index is 11.1. The summed E-state index contributed by atoms with van der Waals surface area (Å²) in [5, 5.41) is 14.6. The smallest absolute Gasteiger partial charge is 0.0743 e. The summed E-state index contributed by atoms with van der Waals surface area (Å²) in [7, 11) is 0. The number of aliphatic hydroxyl groups is 1. The van der Waals surface area contributed by atoms with Gasteiger partial charge in [0.25, 0.3) is 0 Å². The molecule has 1 saturated heterocycles. The lowest BCUT2D eigenvalue weighted by Crippen LogP contribution is -2.48. The van der Waals surface area contributed by atoms with Gasteiger partial charge in [0, 0.05) is 30.3 Å². The number of aryl methyl sites for hydroxylation is 1. The van der Waals surface area contributed by atoms with Crippen molar-refractivity contribution in [3.63, 3.8) is 0 Å². The van der Waals surface area contributed by atoms with Crippen molar-refractivity contribution >= 4 is 0 Å². The van der Waals surface area contributed by atoms with Crippen molar-refractivity contribution < 1.29 is 5.11 Å². The number of fused-ring (bicyclic) bond motifs is 1. The first-order valence-corrected chi connectivity index (χ1v) is 7.56. The molecule has 0 spiro atoms. The van der Waals surface area contributed by atoms with E-state index >= 15 is 0 Å². The van der Waals surface area contributed by atoms with Gasteiger partial charge in [-0.2, -0.15) is 0 Å². The van der Waals surface area contributed by atoms with Crippen LogP contribution >= 0.6 is 0 Å². The van der Waals surface area contributed by atoms with Crippen molar-refractivity contribution in [3.8, 4) is 0 Å². The van der Waals surface area contributed by atoms with Crippen LogP contribution in [0.25, 0.3) is 0 Å². The predicted molar refractivity (Wildman–Crippen MR) is 76.1 cm³/mol. The Balaban J connectivity index is 1.89. The minimum atomic E-state index is -0.642. The third kappa shape index (κ3) is 2.41. The molecule has 2 aliphatic rings. The third-order valence-corrected chi connectivity index (χ3v) is 5.02. The molecule has 3 nitrogen and oxygen atoms in total. The lowest BCUT2D eigenvalue weighted by atomic mass is 9.69. The molecule has 1 fully saturated rings. The van der Waals surface area contributed by atoms with E-state index in [4.69, 9.17) is 0 Å². The zero-order valence-corrected chi connectivity index (χ0v) is 11.7. The fraction of sp³-hybridized carbons (Fsp3) is 0.688. The molecule has 0 radical (unpaired) electrons. The SMILES string of the molecule is CC(O)(C1CCCNC1)C1CCCc2cccnc21. The highest BCUT2D eigenvalue weighted by atomic mass is 16.3. The molecule has 104 valence electrons. The molecular weight excluding hydrogens is 236 g/mol. The lowest BCUT2D eigenvalue weighted by Gasteiger charge is -2.43. The molecule has 1 aliphatic carbocycles. The predicted octanol–water partition coefficient (Wildman–Crippen LogP) is 2.25. The van der Waals surface area contributed by atoms with Gasteiger partial charge in [-0.1, -0.05) is 6.07 Å². The van der Waals surface area contributed by atoms with E-state index in [2.05, 4.69) is 16.4 Å². The van der Waals surface area contributed by atoms with E-state index in [-0.39, 0.29) is 5.92 Å². The van der Waals surface area contributed by atoms with Crippen LogP contribution in [-0.2, 0) is 6.42 Å². The minimum Gasteiger partial charge on any atom is -0.389 e. The highest BCUT2D eigenvalue weighted by molar-refractivity contribution is 5.28. The second kappa shape index (κ2) is 5.22. The maximum Gasteiger partial charge on any atom is 0.0743 e. The maximum absolute atomic E-state index is 11.1. The van der Waals surface area contributed by atoms with Gasteiger partial charge in [-0.3, -0.25) is 4.98 Å². The molecule has 2 N–H and O–H groups in total. The van der Waals surface area contributed by atoms with Crippen molar-refractivity contribution in [3.05, 3.63) is 29.6 Å². The van der Waals surface area contributed by atoms with Gasteiger partial charge >= 0.3 is 0 Å². The monoisotopic (exact) mass is 260 g/mol. The summed E-state index contributed by atoms with van der Waals surface area (Å²) in [5.41, 5.74) is 1.84. The van der Waals surface area contributed by atoms with Gasteiger partial charge in [0.1, 0.15) is 0 Å². The van der Waals surface area contributed by atoms with Gasteiger partial charge in [-0.15, -0.1) is 0 Å². The van der Waals surface area contributed by atoms with Crippen LogP contribution in [0.5, 0.6) is 0 Å². The number of hydrogen-bond donors (Lipinski definition) is 2. The average molecular weight is 260 g/mol. The van der Waals surface area contributed by atoms with E-state index in [0.717, 1.165) is 38.0 Å². The summed E-state index contributed by atoms with van der Waals surface area (Å²) in [6, 6.07) is 4.18. The molecule has 1 aliphatic heterocycles. The van der Waals surface area contributed by atoms with Crippen molar-refractivity contribution in [2.75, 3.05) is 13.1 Å². The molecule has 3 unspecified atom stereocenters. The summed E-state index contributed by atoms with van der Waals surface area (Å²) in [6.07, 6.45) is 7.50. The van der Waals surface area contributed by atoms with E-state index in [9.17, 15) is 5.11 Å². The number of hydrogen-bond acceptors (Lipinski definition) is 3. The number of rotatable bonds is 2. The van der Waals surface area contributed by atoms with E-state index in [1.54, 1.807) is 0 Å². The summed E-state index contributed by atoms with van der Waals surface area (Å²) in [5.74, 6) is 0.543. The second-order valence-corrected chi connectivity index (χ2v) is 6.26. The zero-order chi connectivity index (χ0) is 13.3. The summed E-state index contributed by atoms with van der Waals surface area (Å²) < 4.78 is 0. The molecule has 1 aromatic heterocycles. The zero-order valence-electron chi connectivity index (χ0n) is 11.7. The van der Waals surface area contributed by atoms with Crippen molar-refractivity contribution in [1.29, 1.82) is 0 Å². The van der Waals surface area contributed by atoms with Crippen LogP contribution in [-0.4, -0.2) is 28.8 Å². The van der Waals surface area contributed by atoms with E-state index in [1.807, 2.05) is 19.2 Å². The average Bonchev–Trinajstić information content (AvgIpc) is 2.47. The highest BCUT2D eigenvalue weighted by Gasteiger charge is 2.42. The first-order valence-electron chi connectivity index (χ1n) is 7.56. The van der Waals surface area contributed by atoms with E-state index < -0.39 is 5.60 Å². The fourth-order valence-electron chi connectivity index (χ4n) is 3.81. The second-order valence-electron chi connectivity index (χ2n) is 6.26. The molecule has 3 atom stereocenters. The number of pyridine rings is 1. The fourth-order valence-corrected chi connectivity index (χ4v) is 3.81. The minimum absolute atomic E-state index is 0.197. The van der Waals surface area contributed by atoms with Gasteiger partial charge in [0.15, 0.2) is 0 Å². The molecule has 0 amide bonds. The van der Waals surface area contributed by atoms with Crippen LogP contribution < -0.4 is 5.32 Å². The molecule has 19 heavy (non-hydrogen) atoms. The third-order valence-electron chi connectivity index (χ3n) is 5.02. The Morgan fingerprint density at radius 3 is 3.05 bits per heavy atom. The quantitative estimate of drug-likeness (QED) is 0.857. The Morgan fingerprint density at radius 2 is 2.26 bits per heavy atom. The van der Waals surface area contributed by atoms with Gasteiger partial charge in [-0.05, 0) is 57.2 Å². The number of piperidine rings is 1. The molecular formula is C16H24N2O. The van der Waals surface area contributed by atoms with Crippen LogP contribution in [0.4, 0.5) is 0 Å². The van der Waals surface area contributed by atoms with Crippen LogP contribution in [0.1, 0.15) is 49.8 Å². The molecule has 2 heterocycles. The summed E-state index contributed by atoms with van der Waals surface area (Å²) >= 11 is 0. The van der Waals surface area contributed by atoms with Crippen molar-refractivity contribution in [1.82, 2.24) is 10.3 Å². The Hall–Kier alpha value is -0.930. The molecule has 3 rings (SSSR count). The largest absolute Gasteiger partial charge is 0.389 e. The van der Waals surface area contributed by atoms with Gasteiger partial charge in [0.2, 0.25) is 0 Å². The van der Waals surface area contributed by atoms with Crippen molar-refractivity contribution in [2.45, 2.75) is 50.5 Å². The Bertz CT molecular complexity index is 438. The highest BCUT2D eigenvalue weighted by Crippen LogP contribution is 2.42. The topological polar surface area (TPSA) is 45.1 Å². The lowest BCUT2D eigenvalue weighted by molar-refractivity contribution is -0.0403. The Morgan fingerprint density at radius 1 is 1.37 bits per heavy atom. The molecule has 3 heteroatoms. The summed E-state index contributed by atoms with van der Waals surface area (Å²) in [6.45, 7) is 4.05. The number of nitrogens with zero attached hydrogens (tertiary/aromatic N) is 1. The first-order chi connectivity index (χ1) is 9.19. The molecule has 0 bridgehead atoms. The normalized spacial score (nSPS) is 30.4. The Kier molecular flexibility index (Phi) is 3.59. The van der Waals surface area contributed by atoms with Crippen molar-refractivity contribution in [2.24, 2.45) is 5.92 Å². The van der Waals surface area contributed by atoms with Gasteiger partial charge in [0.05, 0.1) is 5.60 Å². The first kappa shape index (κ1) is 13.1. The molecule has 1 aromatic rings. The number of aromatic nitrogens is 1. The standard InChI is InChI=1S/C16H24N2O/c1-16(19,13-7-4-9-17-11-13)14-8-2-5-12-6-3-10-18-15(12)14/h3,6,10,13-14,17,19H,2,4-5,7-9,11H2,1H3. The van der Waals surface area contributed by atoms with E-state index in [0.29, 0.717) is 5.92 Å². The van der Waals surface area contributed by atoms with Gasteiger partial charge in [-0.25, -0.2) is 0 Å². The number of nitrogens with one attached hydrogen (secondary N) is 1.